The fourth-order valence-corrected chi connectivity index (χ4v) is 8.14. The van der Waals surface area contributed by atoms with E-state index in [0.717, 1.165) is 23.7 Å². The Kier molecular flexibility index (Phi) is 4.69. The van der Waals surface area contributed by atoms with Gasteiger partial charge in [0.1, 0.15) is 0 Å². The Balaban J connectivity index is 2.23. The maximum Gasteiger partial charge on any atom is 0.00903 e. The SMILES string of the molecule is CCC1C(C)C2CC(C)(C)CC2CC1(C)CSI. The third-order valence-corrected chi connectivity index (χ3v) is 7.67. The van der Waals surface area contributed by atoms with Crippen LogP contribution in [0.25, 0.3) is 0 Å². The summed E-state index contributed by atoms with van der Waals surface area (Å²) in [4.78, 5) is 0. The van der Waals surface area contributed by atoms with Crippen molar-refractivity contribution in [3.8, 4) is 0 Å². The average Bonchev–Trinajstić information content (AvgIpc) is 2.53. The number of halogens is 1. The Morgan fingerprint density at radius 2 is 1.83 bits per heavy atom. The van der Waals surface area contributed by atoms with Gasteiger partial charge in [0.15, 0.2) is 0 Å². The van der Waals surface area contributed by atoms with Crippen molar-refractivity contribution in [3.63, 3.8) is 0 Å². The van der Waals surface area contributed by atoms with Gasteiger partial charge in [0, 0.05) is 5.75 Å². The first kappa shape index (κ1) is 15.5. The normalized spacial score (nSPS) is 47.0. The second-order valence-corrected chi connectivity index (χ2v) is 10.4. The Morgan fingerprint density at radius 3 is 2.39 bits per heavy atom. The van der Waals surface area contributed by atoms with Crippen LogP contribution in [0.3, 0.4) is 0 Å². The molecule has 0 amide bonds. The summed E-state index contributed by atoms with van der Waals surface area (Å²) in [5, 5.41) is 0. The standard InChI is InChI=1S/C16H29IS/c1-6-14-11(2)13-9-15(3,4)7-12(13)8-16(14,5)10-18-17/h11-14H,6-10H2,1-5H3. The second kappa shape index (κ2) is 5.46. The lowest BCUT2D eigenvalue weighted by Crippen LogP contribution is -2.44. The summed E-state index contributed by atoms with van der Waals surface area (Å²) in [7, 11) is 2.03. The maximum absolute atomic E-state index is 2.57. The number of hydrogen-bond acceptors (Lipinski definition) is 1. The molecular formula is C16H29IS. The first-order valence-electron chi connectivity index (χ1n) is 7.56. The Labute approximate surface area is 130 Å². The molecule has 0 spiro atoms. The molecule has 0 nitrogen and oxygen atoms in total. The lowest BCUT2D eigenvalue weighted by Gasteiger charge is -2.50. The molecule has 2 saturated carbocycles. The minimum atomic E-state index is 0.585. The molecule has 0 radical (unpaired) electrons. The van der Waals surface area contributed by atoms with Gasteiger partial charge >= 0.3 is 0 Å². The molecule has 18 heavy (non-hydrogen) atoms. The predicted octanol–water partition coefficient (Wildman–Crippen LogP) is 6.19. The second-order valence-electron chi connectivity index (χ2n) is 7.98. The molecule has 5 atom stereocenters. The first-order chi connectivity index (χ1) is 8.33. The molecule has 0 bridgehead atoms. The van der Waals surface area contributed by atoms with E-state index in [0.29, 0.717) is 10.8 Å². The third-order valence-electron chi connectivity index (χ3n) is 5.97. The lowest BCUT2D eigenvalue weighted by atomic mass is 9.56. The number of rotatable bonds is 3. The monoisotopic (exact) mass is 380 g/mol. The van der Waals surface area contributed by atoms with Crippen LogP contribution < -0.4 is 0 Å². The molecule has 0 aromatic heterocycles. The fourth-order valence-electron chi connectivity index (χ4n) is 5.43. The summed E-state index contributed by atoms with van der Waals surface area (Å²) < 4.78 is 0. The first-order valence-corrected chi connectivity index (χ1v) is 11.1. The highest BCUT2D eigenvalue weighted by Crippen LogP contribution is 2.61. The van der Waals surface area contributed by atoms with Gasteiger partial charge in [-0.2, -0.15) is 0 Å². The largest absolute Gasteiger partial charge is 0.0888 e. The summed E-state index contributed by atoms with van der Waals surface area (Å²) in [6.07, 6.45) is 5.81. The van der Waals surface area contributed by atoms with E-state index >= 15 is 0 Å². The molecule has 0 saturated heterocycles. The summed E-state index contributed by atoms with van der Waals surface area (Å²) in [6, 6.07) is 0. The summed E-state index contributed by atoms with van der Waals surface area (Å²) in [5.41, 5.74) is 1.19. The van der Waals surface area contributed by atoms with Gasteiger partial charge in [-0.05, 0) is 75.0 Å². The zero-order valence-corrected chi connectivity index (χ0v) is 15.6. The van der Waals surface area contributed by atoms with E-state index in [1.165, 1.54) is 31.4 Å². The van der Waals surface area contributed by atoms with Crippen LogP contribution in [0.15, 0.2) is 0 Å². The van der Waals surface area contributed by atoms with Crippen LogP contribution in [-0.4, -0.2) is 5.75 Å². The molecule has 2 heteroatoms. The highest BCUT2D eigenvalue weighted by atomic mass is 127. The van der Waals surface area contributed by atoms with E-state index in [-0.39, 0.29) is 0 Å². The molecule has 0 heterocycles. The van der Waals surface area contributed by atoms with Gasteiger partial charge in [0.05, 0.1) is 0 Å². The molecular weight excluding hydrogens is 351 g/mol. The summed E-state index contributed by atoms with van der Waals surface area (Å²) in [6.45, 7) is 12.5. The average molecular weight is 380 g/mol. The molecule has 2 aliphatic rings. The smallest absolute Gasteiger partial charge is 0.00903 e. The van der Waals surface area contributed by atoms with Crippen LogP contribution in [0.4, 0.5) is 0 Å². The van der Waals surface area contributed by atoms with E-state index in [1.54, 1.807) is 0 Å². The van der Waals surface area contributed by atoms with Gasteiger partial charge in [-0.25, -0.2) is 0 Å². The van der Waals surface area contributed by atoms with Crippen molar-refractivity contribution in [2.75, 3.05) is 5.75 Å². The molecule has 106 valence electrons. The Hall–Kier alpha value is 1.08. The predicted molar refractivity (Wildman–Crippen MR) is 92.1 cm³/mol. The van der Waals surface area contributed by atoms with Crippen molar-refractivity contribution in [1.82, 2.24) is 0 Å². The van der Waals surface area contributed by atoms with Crippen LogP contribution >= 0.6 is 30.1 Å². The zero-order chi connectivity index (χ0) is 13.6. The van der Waals surface area contributed by atoms with Crippen LogP contribution in [0.1, 0.15) is 60.3 Å². The van der Waals surface area contributed by atoms with Gasteiger partial charge in [-0.1, -0.05) is 50.0 Å². The van der Waals surface area contributed by atoms with E-state index in [1.807, 2.05) is 8.93 Å². The van der Waals surface area contributed by atoms with Crippen molar-refractivity contribution < 1.29 is 0 Å². The van der Waals surface area contributed by atoms with Crippen molar-refractivity contribution in [2.24, 2.45) is 34.5 Å². The minimum absolute atomic E-state index is 0.585. The summed E-state index contributed by atoms with van der Waals surface area (Å²) >= 11 is 2.50. The van der Waals surface area contributed by atoms with Crippen molar-refractivity contribution in [1.29, 1.82) is 0 Å². The Bertz CT molecular complexity index is 301. The molecule has 2 aliphatic carbocycles. The van der Waals surface area contributed by atoms with Crippen LogP contribution in [0, 0.1) is 34.5 Å². The summed E-state index contributed by atoms with van der Waals surface area (Å²) in [5.74, 6) is 5.24. The lowest BCUT2D eigenvalue weighted by molar-refractivity contribution is 0.00787. The van der Waals surface area contributed by atoms with E-state index < -0.39 is 0 Å². The molecule has 0 aliphatic heterocycles. The van der Waals surface area contributed by atoms with Gasteiger partial charge in [-0.15, -0.1) is 0 Å². The molecule has 0 aromatic rings. The quantitative estimate of drug-likeness (QED) is 0.526. The van der Waals surface area contributed by atoms with Crippen LogP contribution in [0.5, 0.6) is 0 Å². The van der Waals surface area contributed by atoms with E-state index in [2.05, 4.69) is 55.8 Å². The highest BCUT2D eigenvalue weighted by molar-refractivity contribution is 14.2. The molecule has 2 rings (SSSR count). The minimum Gasteiger partial charge on any atom is -0.0888 e. The fraction of sp³-hybridized carbons (Fsp3) is 1.00. The van der Waals surface area contributed by atoms with Crippen LogP contribution in [-0.2, 0) is 0 Å². The van der Waals surface area contributed by atoms with Crippen molar-refractivity contribution in [2.45, 2.75) is 60.3 Å². The Morgan fingerprint density at radius 1 is 1.17 bits per heavy atom. The maximum atomic E-state index is 2.57. The van der Waals surface area contributed by atoms with Gasteiger partial charge in [-0.3, -0.25) is 0 Å². The number of hydrogen-bond donors (Lipinski definition) is 0. The molecule has 0 aromatic carbocycles. The third kappa shape index (κ3) is 2.75. The van der Waals surface area contributed by atoms with Gasteiger partial charge < -0.3 is 0 Å². The molecule has 5 unspecified atom stereocenters. The van der Waals surface area contributed by atoms with Crippen molar-refractivity contribution >= 4 is 30.1 Å². The van der Waals surface area contributed by atoms with E-state index in [4.69, 9.17) is 0 Å². The van der Waals surface area contributed by atoms with E-state index in [9.17, 15) is 0 Å². The topological polar surface area (TPSA) is 0 Å². The van der Waals surface area contributed by atoms with Crippen LogP contribution in [0.2, 0.25) is 0 Å². The van der Waals surface area contributed by atoms with Gasteiger partial charge in [0.2, 0.25) is 0 Å². The molecule has 0 N–H and O–H groups in total. The zero-order valence-electron chi connectivity index (χ0n) is 12.6. The highest BCUT2D eigenvalue weighted by Gasteiger charge is 2.52. The van der Waals surface area contributed by atoms with Crippen molar-refractivity contribution in [3.05, 3.63) is 0 Å². The van der Waals surface area contributed by atoms with Gasteiger partial charge in [0.25, 0.3) is 0 Å². The number of fused-ring (bicyclic) bond motifs is 1. The molecule has 2 fully saturated rings.